The molecule has 2 rings (SSSR count). The fraction of sp³-hybridized carbons (Fsp3) is 0.615. The van der Waals surface area contributed by atoms with Gasteiger partial charge in [0.2, 0.25) is 0 Å². The molecule has 1 heterocycles. The van der Waals surface area contributed by atoms with E-state index in [4.69, 9.17) is 9.84 Å². The van der Waals surface area contributed by atoms with E-state index in [0.717, 1.165) is 36.3 Å². The summed E-state index contributed by atoms with van der Waals surface area (Å²) in [5.74, 6) is -0.162. The van der Waals surface area contributed by atoms with Crippen molar-refractivity contribution in [2.24, 2.45) is 5.92 Å². The van der Waals surface area contributed by atoms with E-state index < -0.39 is 5.97 Å². The molecule has 1 aliphatic rings. The van der Waals surface area contributed by atoms with Crippen molar-refractivity contribution < 1.29 is 14.6 Å². The van der Waals surface area contributed by atoms with E-state index in [9.17, 15) is 4.79 Å². The number of carboxylic acid groups (broad SMARTS) is 1. The number of carboxylic acids is 1. The molecule has 0 spiro atoms. The highest BCUT2D eigenvalue weighted by Crippen LogP contribution is 2.24. The van der Waals surface area contributed by atoms with Crippen LogP contribution in [0, 0.1) is 5.92 Å². The molecule has 1 N–H and O–H groups in total. The predicted molar refractivity (Wildman–Crippen MR) is 65.4 cm³/mol. The highest BCUT2D eigenvalue weighted by atomic mass is 16.5. The number of methoxy groups -OCH3 is 1. The van der Waals surface area contributed by atoms with Crippen molar-refractivity contribution in [2.45, 2.75) is 32.1 Å². The maximum absolute atomic E-state index is 11.0. The Kier molecular flexibility index (Phi) is 4.25. The molecule has 0 saturated carbocycles. The van der Waals surface area contributed by atoms with Crippen molar-refractivity contribution in [2.75, 3.05) is 13.7 Å². The van der Waals surface area contributed by atoms with E-state index in [1.54, 1.807) is 13.3 Å². The summed E-state index contributed by atoms with van der Waals surface area (Å²) in [5.41, 5.74) is 2.01. The van der Waals surface area contributed by atoms with E-state index >= 15 is 0 Å². The van der Waals surface area contributed by atoms with E-state index in [1.165, 1.54) is 0 Å². The van der Waals surface area contributed by atoms with Gasteiger partial charge in [-0.1, -0.05) is 0 Å². The Morgan fingerprint density at radius 3 is 3.17 bits per heavy atom. The first-order valence-corrected chi connectivity index (χ1v) is 6.26. The molecule has 1 aromatic rings. The number of carbonyl (C=O) groups is 1. The summed E-state index contributed by atoms with van der Waals surface area (Å²) >= 11 is 0. The zero-order chi connectivity index (χ0) is 13.0. The molecule has 0 bridgehead atoms. The van der Waals surface area contributed by atoms with Gasteiger partial charge in [-0.15, -0.1) is 0 Å². The molecule has 1 aromatic heterocycles. The van der Waals surface area contributed by atoms with Crippen molar-refractivity contribution in [1.29, 1.82) is 0 Å². The van der Waals surface area contributed by atoms with Crippen LogP contribution in [0.2, 0.25) is 0 Å². The average molecular weight is 250 g/mol. The number of fused-ring (bicyclic) bond motifs is 1. The predicted octanol–water partition coefficient (Wildman–Crippen LogP) is 1.25. The summed E-state index contributed by atoms with van der Waals surface area (Å²) in [4.78, 5) is 19.8. The standard InChI is InChI=1S/C13H18N2O3/c1-18-6-2-3-12-14-8-10-7-9(13(16)17)4-5-11(10)15-12/h8-9H,2-7H2,1H3,(H,16,17). The molecule has 5 heteroatoms. The van der Waals surface area contributed by atoms with E-state index in [1.807, 2.05) is 0 Å². The summed E-state index contributed by atoms with van der Waals surface area (Å²) < 4.78 is 5.00. The molecule has 0 fully saturated rings. The Hall–Kier alpha value is -1.49. The number of aromatic nitrogens is 2. The second-order valence-corrected chi connectivity index (χ2v) is 4.63. The molecule has 1 aliphatic carbocycles. The van der Waals surface area contributed by atoms with Gasteiger partial charge in [-0.25, -0.2) is 9.97 Å². The highest BCUT2D eigenvalue weighted by molar-refractivity contribution is 5.70. The quantitative estimate of drug-likeness (QED) is 0.796. The SMILES string of the molecule is COCCCc1ncc2c(n1)CCC(C(=O)O)C2. The second kappa shape index (κ2) is 5.91. The van der Waals surface area contributed by atoms with Gasteiger partial charge in [0.05, 0.1) is 5.92 Å². The minimum absolute atomic E-state index is 0.277. The zero-order valence-electron chi connectivity index (χ0n) is 10.6. The summed E-state index contributed by atoms with van der Waals surface area (Å²) in [7, 11) is 1.68. The Bertz CT molecular complexity index is 434. The maximum Gasteiger partial charge on any atom is 0.306 e. The molecule has 0 aliphatic heterocycles. The Morgan fingerprint density at radius 2 is 2.44 bits per heavy atom. The first-order chi connectivity index (χ1) is 8.70. The molecular weight excluding hydrogens is 232 g/mol. The summed E-state index contributed by atoms with van der Waals surface area (Å²) in [6, 6.07) is 0. The van der Waals surface area contributed by atoms with Crippen LogP contribution in [0.5, 0.6) is 0 Å². The lowest BCUT2D eigenvalue weighted by molar-refractivity contribution is -0.142. The largest absolute Gasteiger partial charge is 0.481 e. The van der Waals surface area contributed by atoms with Gasteiger partial charge in [-0.3, -0.25) is 4.79 Å². The molecule has 1 unspecified atom stereocenters. The van der Waals surface area contributed by atoms with Gasteiger partial charge in [0.25, 0.3) is 0 Å². The minimum Gasteiger partial charge on any atom is -0.481 e. The van der Waals surface area contributed by atoms with Gasteiger partial charge in [-0.2, -0.15) is 0 Å². The van der Waals surface area contributed by atoms with Gasteiger partial charge < -0.3 is 9.84 Å². The van der Waals surface area contributed by atoms with E-state index in [0.29, 0.717) is 19.4 Å². The fourth-order valence-electron chi connectivity index (χ4n) is 2.25. The lowest BCUT2D eigenvalue weighted by Crippen LogP contribution is -2.23. The number of ether oxygens (including phenoxy) is 1. The first-order valence-electron chi connectivity index (χ1n) is 6.26. The van der Waals surface area contributed by atoms with E-state index in [2.05, 4.69) is 9.97 Å². The van der Waals surface area contributed by atoms with Crippen LogP contribution in [0.1, 0.15) is 29.9 Å². The van der Waals surface area contributed by atoms with Crippen LogP contribution in [0.4, 0.5) is 0 Å². The molecule has 5 nitrogen and oxygen atoms in total. The maximum atomic E-state index is 11.0. The Labute approximate surface area is 106 Å². The zero-order valence-corrected chi connectivity index (χ0v) is 10.6. The monoisotopic (exact) mass is 250 g/mol. The highest BCUT2D eigenvalue weighted by Gasteiger charge is 2.25. The lowest BCUT2D eigenvalue weighted by Gasteiger charge is -2.20. The van der Waals surface area contributed by atoms with Crippen LogP contribution in [-0.4, -0.2) is 34.8 Å². The van der Waals surface area contributed by atoms with Crippen molar-refractivity contribution >= 4 is 5.97 Å². The number of aryl methyl sites for hydroxylation is 2. The number of rotatable bonds is 5. The third-order valence-corrected chi connectivity index (χ3v) is 3.30. The molecule has 18 heavy (non-hydrogen) atoms. The third kappa shape index (κ3) is 3.04. The fourth-order valence-corrected chi connectivity index (χ4v) is 2.25. The molecule has 98 valence electrons. The van der Waals surface area contributed by atoms with Crippen molar-refractivity contribution in [3.05, 3.63) is 23.3 Å². The van der Waals surface area contributed by atoms with Gasteiger partial charge in [-0.05, 0) is 31.2 Å². The molecule has 0 amide bonds. The van der Waals surface area contributed by atoms with Gasteiger partial charge in [0, 0.05) is 32.0 Å². The van der Waals surface area contributed by atoms with Crippen molar-refractivity contribution in [3.63, 3.8) is 0 Å². The van der Waals surface area contributed by atoms with Crippen LogP contribution < -0.4 is 0 Å². The molecule has 0 aromatic carbocycles. The van der Waals surface area contributed by atoms with Gasteiger partial charge >= 0.3 is 5.97 Å². The summed E-state index contributed by atoms with van der Waals surface area (Å²) in [6.07, 6.45) is 5.49. The Balaban J connectivity index is 2.03. The van der Waals surface area contributed by atoms with Crippen LogP contribution in [0.25, 0.3) is 0 Å². The summed E-state index contributed by atoms with van der Waals surface area (Å²) in [6.45, 7) is 0.710. The smallest absolute Gasteiger partial charge is 0.306 e. The van der Waals surface area contributed by atoms with Gasteiger partial charge in [0.15, 0.2) is 0 Å². The number of nitrogens with zero attached hydrogens (tertiary/aromatic N) is 2. The number of hydrogen-bond acceptors (Lipinski definition) is 4. The normalized spacial score (nSPS) is 18.4. The Morgan fingerprint density at radius 1 is 1.61 bits per heavy atom. The van der Waals surface area contributed by atoms with Crippen LogP contribution in [0.3, 0.4) is 0 Å². The topological polar surface area (TPSA) is 72.3 Å². The third-order valence-electron chi connectivity index (χ3n) is 3.30. The summed E-state index contributed by atoms with van der Waals surface area (Å²) in [5, 5.41) is 9.01. The second-order valence-electron chi connectivity index (χ2n) is 4.63. The van der Waals surface area contributed by atoms with Crippen molar-refractivity contribution in [1.82, 2.24) is 9.97 Å². The van der Waals surface area contributed by atoms with Gasteiger partial charge in [0.1, 0.15) is 5.82 Å². The first kappa shape index (κ1) is 13.0. The van der Waals surface area contributed by atoms with Crippen LogP contribution >= 0.6 is 0 Å². The average Bonchev–Trinajstić information content (AvgIpc) is 2.38. The molecule has 1 atom stereocenters. The lowest BCUT2D eigenvalue weighted by atomic mass is 9.87. The molecule has 0 saturated heterocycles. The van der Waals surface area contributed by atoms with E-state index in [-0.39, 0.29) is 5.92 Å². The van der Waals surface area contributed by atoms with Crippen LogP contribution in [0.15, 0.2) is 6.20 Å². The van der Waals surface area contributed by atoms with Crippen LogP contribution in [-0.2, 0) is 28.8 Å². The number of hydrogen-bond donors (Lipinski definition) is 1. The minimum atomic E-state index is -0.718. The molecule has 0 radical (unpaired) electrons. The molecular formula is C13H18N2O3. The van der Waals surface area contributed by atoms with Crippen molar-refractivity contribution in [3.8, 4) is 0 Å². The number of aliphatic carboxylic acids is 1.